The molecule has 2 saturated heterocycles. The lowest BCUT2D eigenvalue weighted by atomic mass is 10.1. The summed E-state index contributed by atoms with van der Waals surface area (Å²) in [5, 5.41) is -0.220. The van der Waals surface area contributed by atoms with Gasteiger partial charge in [-0.1, -0.05) is 36.4 Å². The number of ether oxygens (including phenoxy) is 2. The van der Waals surface area contributed by atoms with Crippen LogP contribution in [0.15, 0.2) is 72.8 Å². The topological polar surface area (TPSA) is 59.1 Å². The van der Waals surface area contributed by atoms with Gasteiger partial charge in [0.2, 0.25) is 11.8 Å². The van der Waals surface area contributed by atoms with Crippen molar-refractivity contribution >= 4 is 46.7 Å². The highest BCUT2D eigenvalue weighted by molar-refractivity contribution is 8.01. The highest BCUT2D eigenvalue weighted by atomic mass is 32.2. The first-order valence-electron chi connectivity index (χ1n) is 10.8. The third kappa shape index (κ3) is 4.23. The van der Waals surface area contributed by atoms with Crippen LogP contribution < -0.4 is 19.3 Å². The van der Waals surface area contributed by atoms with Gasteiger partial charge in [0.15, 0.2) is 0 Å². The summed E-state index contributed by atoms with van der Waals surface area (Å²) in [6.07, 6.45) is 0. The fourth-order valence-corrected chi connectivity index (χ4v) is 6.60. The van der Waals surface area contributed by atoms with E-state index in [1.54, 1.807) is 37.7 Å². The van der Waals surface area contributed by atoms with E-state index in [0.717, 1.165) is 34.0 Å². The van der Waals surface area contributed by atoms with Crippen molar-refractivity contribution in [1.82, 2.24) is 0 Å². The van der Waals surface area contributed by atoms with Crippen molar-refractivity contribution in [2.75, 3.05) is 35.5 Å². The van der Waals surface area contributed by atoms with E-state index in [4.69, 9.17) is 9.47 Å². The van der Waals surface area contributed by atoms with Gasteiger partial charge in [0.25, 0.3) is 0 Å². The van der Waals surface area contributed by atoms with Crippen molar-refractivity contribution in [2.24, 2.45) is 0 Å². The summed E-state index contributed by atoms with van der Waals surface area (Å²) in [6.45, 7) is 0. The summed E-state index contributed by atoms with van der Waals surface area (Å²) < 4.78 is 10.7. The first-order chi connectivity index (χ1) is 16.6. The Balaban J connectivity index is 1.41. The van der Waals surface area contributed by atoms with Crippen LogP contribution in [0, 0.1) is 0 Å². The number of hydrogen-bond donors (Lipinski definition) is 0. The van der Waals surface area contributed by atoms with Crippen LogP contribution in [0.2, 0.25) is 0 Å². The number of hydrogen-bond acceptors (Lipinski definition) is 6. The Kier molecular flexibility index (Phi) is 6.43. The molecular weight excluding hydrogens is 468 g/mol. The molecule has 0 radical (unpaired) electrons. The number of carbonyl (C=O) groups excluding carboxylic acids is 2. The van der Waals surface area contributed by atoms with E-state index in [1.165, 1.54) is 0 Å². The Morgan fingerprint density at radius 2 is 1.09 bits per heavy atom. The lowest BCUT2D eigenvalue weighted by Crippen LogP contribution is -2.28. The number of anilines is 2. The van der Waals surface area contributed by atoms with Crippen LogP contribution in [0.5, 0.6) is 11.5 Å². The number of nitrogens with zero attached hydrogens (tertiary/aromatic N) is 2. The maximum absolute atomic E-state index is 12.7. The van der Waals surface area contributed by atoms with Crippen LogP contribution in [0.25, 0.3) is 0 Å². The van der Waals surface area contributed by atoms with Gasteiger partial charge in [-0.25, -0.2) is 0 Å². The van der Waals surface area contributed by atoms with Crippen LogP contribution in [0.1, 0.15) is 21.9 Å². The molecule has 174 valence electrons. The zero-order valence-electron chi connectivity index (χ0n) is 18.8. The molecule has 2 amide bonds. The minimum Gasteiger partial charge on any atom is -0.497 e. The monoisotopic (exact) mass is 492 g/mol. The average Bonchev–Trinajstić information content (AvgIpc) is 3.46. The first kappa shape index (κ1) is 22.7. The molecule has 2 aliphatic rings. The predicted molar refractivity (Wildman–Crippen MR) is 138 cm³/mol. The fourth-order valence-electron chi connectivity index (χ4n) is 4.25. The van der Waals surface area contributed by atoms with Gasteiger partial charge in [-0.15, -0.1) is 23.5 Å². The maximum atomic E-state index is 12.7. The zero-order chi connectivity index (χ0) is 23.7. The minimum atomic E-state index is -0.110. The molecule has 2 fully saturated rings. The quantitative estimate of drug-likeness (QED) is 0.468. The summed E-state index contributed by atoms with van der Waals surface area (Å²) in [5.74, 6) is 2.45. The highest BCUT2D eigenvalue weighted by Crippen LogP contribution is 2.45. The SMILES string of the molecule is COc1cccc(N2C(=O)CSC2c2ccc(C3SCC(=O)N3c3cccc(OC)c3)cc2)c1. The molecule has 0 aliphatic carbocycles. The third-order valence-electron chi connectivity index (χ3n) is 5.91. The van der Waals surface area contributed by atoms with Crippen molar-refractivity contribution < 1.29 is 19.1 Å². The van der Waals surface area contributed by atoms with Gasteiger partial charge in [0.05, 0.1) is 25.7 Å². The molecule has 2 unspecified atom stereocenters. The van der Waals surface area contributed by atoms with Crippen molar-refractivity contribution in [3.8, 4) is 11.5 Å². The van der Waals surface area contributed by atoms with Crippen LogP contribution in [-0.4, -0.2) is 37.5 Å². The molecule has 3 aromatic carbocycles. The molecule has 2 aliphatic heterocycles. The molecule has 3 aromatic rings. The van der Waals surface area contributed by atoms with Crippen molar-refractivity contribution in [2.45, 2.75) is 10.7 Å². The molecule has 0 aromatic heterocycles. The van der Waals surface area contributed by atoms with Gasteiger partial charge in [-0.2, -0.15) is 0 Å². The molecule has 0 N–H and O–H groups in total. The zero-order valence-corrected chi connectivity index (χ0v) is 20.5. The molecule has 0 bridgehead atoms. The number of carbonyl (C=O) groups is 2. The van der Waals surface area contributed by atoms with Gasteiger partial charge in [0.1, 0.15) is 22.2 Å². The number of amides is 2. The predicted octanol–water partition coefficient (Wildman–Crippen LogP) is 5.26. The van der Waals surface area contributed by atoms with Gasteiger partial charge >= 0.3 is 0 Å². The van der Waals surface area contributed by atoms with Gasteiger partial charge in [-0.05, 0) is 35.4 Å². The average molecular weight is 493 g/mol. The van der Waals surface area contributed by atoms with E-state index < -0.39 is 0 Å². The Bertz CT molecular complexity index is 1120. The molecule has 0 saturated carbocycles. The summed E-state index contributed by atoms with van der Waals surface area (Å²) in [6, 6.07) is 23.4. The largest absolute Gasteiger partial charge is 0.497 e. The second-order valence-electron chi connectivity index (χ2n) is 7.92. The number of rotatable bonds is 6. The second kappa shape index (κ2) is 9.64. The van der Waals surface area contributed by atoms with E-state index in [1.807, 2.05) is 58.3 Å². The van der Waals surface area contributed by atoms with E-state index in [9.17, 15) is 9.59 Å². The Labute approximate surface area is 207 Å². The molecule has 8 heteroatoms. The van der Waals surface area contributed by atoms with Crippen LogP contribution in [-0.2, 0) is 9.59 Å². The lowest BCUT2D eigenvalue weighted by molar-refractivity contribution is -0.116. The fraction of sp³-hybridized carbons (Fsp3) is 0.231. The minimum absolute atomic E-state index is 0.0773. The Hall–Kier alpha value is -3.10. The smallest absolute Gasteiger partial charge is 0.238 e. The number of methoxy groups -OCH3 is 2. The second-order valence-corrected chi connectivity index (χ2v) is 10.1. The molecular formula is C26H24N2O4S2. The molecule has 2 heterocycles. The van der Waals surface area contributed by atoms with Crippen molar-refractivity contribution in [1.29, 1.82) is 0 Å². The molecule has 34 heavy (non-hydrogen) atoms. The van der Waals surface area contributed by atoms with Crippen molar-refractivity contribution in [3.63, 3.8) is 0 Å². The number of benzene rings is 3. The summed E-state index contributed by atoms with van der Waals surface area (Å²) >= 11 is 3.22. The standard InChI is InChI=1S/C26H24N2O4S2/c1-31-21-7-3-5-19(13-21)27-23(29)15-33-25(27)17-9-11-18(12-10-17)26-28(24(30)16-34-26)20-6-4-8-22(14-20)32-2/h3-14,25-26H,15-16H2,1-2H3. The van der Waals surface area contributed by atoms with Crippen LogP contribution in [0.3, 0.4) is 0 Å². The van der Waals surface area contributed by atoms with E-state index in [2.05, 4.69) is 24.3 Å². The summed E-state index contributed by atoms with van der Waals surface area (Å²) in [5.41, 5.74) is 3.74. The van der Waals surface area contributed by atoms with E-state index in [0.29, 0.717) is 11.5 Å². The lowest BCUT2D eigenvalue weighted by Gasteiger charge is -2.27. The van der Waals surface area contributed by atoms with E-state index >= 15 is 0 Å². The molecule has 2 atom stereocenters. The first-order valence-corrected chi connectivity index (χ1v) is 12.9. The molecule has 6 nitrogen and oxygen atoms in total. The van der Waals surface area contributed by atoms with Gasteiger partial charge in [0, 0.05) is 23.5 Å². The Morgan fingerprint density at radius 3 is 1.47 bits per heavy atom. The normalized spacial score (nSPS) is 20.2. The molecule has 0 spiro atoms. The Morgan fingerprint density at radius 1 is 0.676 bits per heavy atom. The van der Waals surface area contributed by atoms with Gasteiger partial charge < -0.3 is 9.47 Å². The highest BCUT2D eigenvalue weighted by Gasteiger charge is 2.36. The summed E-state index contributed by atoms with van der Waals surface area (Å²) in [7, 11) is 3.24. The van der Waals surface area contributed by atoms with Crippen LogP contribution in [0.4, 0.5) is 11.4 Å². The van der Waals surface area contributed by atoms with Crippen LogP contribution >= 0.6 is 23.5 Å². The number of thioether (sulfide) groups is 2. The van der Waals surface area contributed by atoms with E-state index in [-0.39, 0.29) is 22.6 Å². The summed E-state index contributed by atoms with van der Waals surface area (Å²) in [4.78, 5) is 29.1. The van der Waals surface area contributed by atoms with Crippen molar-refractivity contribution in [3.05, 3.63) is 83.9 Å². The maximum Gasteiger partial charge on any atom is 0.238 e. The van der Waals surface area contributed by atoms with Gasteiger partial charge in [-0.3, -0.25) is 19.4 Å². The third-order valence-corrected chi connectivity index (χ3v) is 8.33. The molecule has 5 rings (SSSR count).